The van der Waals surface area contributed by atoms with E-state index in [0.29, 0.717) is 12.8 Å². The van der Waals surface area contributed by atoms with E-state index in [9.17, 15) is 14.7 Å². The number of hydrogen-bond acceptors (Lipinski definition) is 3. The maximum Gasteiger partial charge on any atom is 0.335 e. The molecule has 0 spiro atoms. The molecule has 0 fully saturated rings. The molecule has 3 N–H and O–H groups in total. The summed E-state index contributed by atoms with van der Waals surface area (Å²) < 4.78 is 0. The molecule has 5 nitrogen and oxygen atoms in total. The third-order valence-corrected chi connectivity index (χ3v) is 3.73. The third kappa shape index (κ3) is 5.55. The molecule has 0 aliphatic rings. The lowest BCUT2D eigenvalue weighted by Gasteiger charge is -2.27. The molecule has 1 atom stereocenters. The van der Waals surface area contributed by atoms with Gasteiger partial charge in [-0.3, -0.25) is 4.79 Å². The highest BCUT2D eigenvalue weighted by molar-refractivity contribution is 5.87. The predicted octanol–water partition coefficient (Wildman–Crippen LogP) is 1.84. The van der Waals surface area contributed by atoms with Crippen LogP contribution in [0.5, 0.6) is 0 Å². The van der Waals surface area contributed by atoms with Gasteiger partial charge in [0.25, 0.3) is 0 Å². The smallest absolute Gasteiger partial charge is 0.335 e. The summed E-state index contributed by atoms with van der Waals surface area (Å²) in [5.74, 6) is -1.03. The molecule has 1 aromatic rings. The third-order valence-electron chi connectivity index (χ3n) is 3.73. The fourth-order valence-corrected chi connectivity index (χ4v) is 1.64. The summed E-state index contributed by atoms with van der Waals surface area (Å²) in [5.41, 5.74) is 0.223. The molecule has 0 heterocycles. The summed E-state index contributed by atoms with van der Waals surface area (Å²) in [6.07, 6.45) is 0.843. The summed E-state index contributed by atoms with van der Waals surface area (Å²) >= 11 is 0. The van der Waals surface area contributed by atoms with Gasteiger partial charge in [-0.15, -0.1) is 0 Å². The first-order chi connectivity index (χ1) is 9.72. The number of carboxylic acid groups (broad SMARTS) is 1. The molecular weight excluding hydrogens is 270 g/mol. The molecule has 1 unspecified atom stereocenters. The van der Waals surface area contributed by atoms with E-state index >= 15 is 0 Å². The van der Waals surface area contributed by atoms with Crippen LogP contribution in [0.15, 0.2) is 24.3 Å². The fraction of sp³-hybridized carbons (Fsp3) is 0.500. The number of aliphatic hydroxyl groups is 1. The van der Waals surface area contributed by atoms with Crippen LogP contribution < -0.4 is 5.32 Å². The van der Waals surface area contributed by atoms with Gasteiger partial charge in [-0.25, -0.2) is 4.79 Å². The molecule has 21 heavy (non-hydrogen) atoms. The lowest BCUT2D eigenvalue weighted by molar-refractivity contribution is -0.122. The SMILES string of the molecule is CC(C)C(C)(O)CNC(=O)CCc1ccc(C(=O)O)cc1. The van der Waals surface area contributed by atoms with Gasteiger partial charge in [0.15, 0.2) is 0 Å². The summed E-state index contributed by atoms with van der Waals surface area (Å²) in [5, 5.41) is 21.6. The van der Waals surface area contributed by atoms with Crippen LogP contribution >= 0.6 is 0 Å². The molecule has 1 amide bonds. The van der Waals surface area contributed by atoms with Crippen molar-refractivity contribution >= 4 is 11.9 Å². The normalized spacial score (nSPS) is 13.8. The first-order valence-electron chi connectivity index (χ1n) is 7.03. The second-order valence-corrected chi connectivity index (χ2v) is 5.79. The van der Waals surface area contributed by atoms with Crippen molar-refractivity contribution in [2.24, 2.45) is 5.92 Å². The first kappa shape index (κ1) is 17.2. The summed E-state index contributed by atoms with van der Waals surface area (Å²) in [6.45, 7) is 5.72. The summed E-state index contributed by atoms with van der Waals surface area (Å²) in [7, 11) is 0. The number of nitrogens with one attached hydrogen (secondary N) is 1. The van der Waals surface area contributed by atoms with Crippen LogP contribution in [-0.4, -0.2) is 34.2 Å². The van der Waals surface area contributed by atoms with Gasteiger partial charge in [0, 0.05) is 13.0 Å². The highest BCUT2D eigenvalue weighted by Crippen LogP contribution is 2.14. The van der Waals surface area contributed by atoms with E-state index in [-0.39, 0.29) is 23.9 Å². The van der Waals surface area contributed by atoms with Crippen LogP contribution in [0.1, 0.15) is 43.1 Å². The number of amides is 1. The maximum atomic E-state index is 11.7. The highest BCUT2D eigenvalue weighted by atomic mass is 16.4. The molecule has 0 aliphatic carbocycles. The zero-order valence-electron chi connectivity index (χ0n) is 12.7. The predicted molar refractivity (Wildman–Crippen MR) is 80.2 cm³/mol. The molecule has 0 bridgehead atoms. The zero-order chi connectivity index (χ0) is 16.0. The van der Waals surface area contributed by atoms with Crippen molar-refractivity contribution in [2.75, 3.05) is 6.54 Å². The van der Waals surface area contributed by atoms with Crippen molar-refractivity contribution in [1.29, 1.82) is 0 Å². The largest absolute Gasteiger partial charge is 0.478 e. The number of aromatic carboxylic acids is 1. The Hall–Kier alpha value is -1.88. The van der Waals surface area contributed by atoms with Crippen molar-refractivity contribution in [3.63, 3.8) is 0 Å². The topological polar surface area (TPSA) is 86.6 Å². The fourth-order valence-electron chi connectivity index (χ4n) is 1.64. The van der Waals surface area contributed by atoms with Gasteiger partial charge in [0.2, 0.25) is 5.91 Å². The minimum Gasteiger partial charge on any atom is -0.478 e. The molecule has 116 valence electrons. The highest BCUT2D eigenvalue weighted by Gasteiger charge is 2.25. The number of aryl methyl sites for hydroxylation is 1. The first-order valence-corrected chi connectivity index (χ1v) is 7.03. The Balaban J connectivity index is 2.41. The van der Waals surface area contributed by atoms with Crippen LogP contribution in [0.25, 0.3) is 0 Å². The van der Waals surface area contributed by atoms with Gasteiger partial charge in [0.05, 0.1) is 11.2 Å². The Labute approximate surface area is 125 Å². The van der Waals surface area contributed by atoms with E-state index in [1.54, 1.807) is 19.1 Å². The number of carboxylic acids is 1. The van der Waals surface area contributed by atoms with E-state index in [0.717, 1.165) is 5.56 Å². The summed E-state index contributed by atoms with van der Waals surface area (Å²) in [6, 6.07) is 6.47. The summed E-state index contributed by atoms with van der Waals surface area (Å²) in [4.78, 5) is 22.5. The molecule has 1 rings (SSSR count). The molecular formula is C16H23NO4. The Bertz CT molecular complexity index is 492. The van der Waals surface area contributed by atoms with E-state index in [2.05, 4.69) is 5.32 Å². The van der Waals surface area contributed by atoms with E-state index < -0.39 is 11.6 Å². The molecule has 0 saturated carbocycles. The van der Waals surface area contributed by atoms with Gasteiger partial charge in [-0.1, -0.05) is 26.0 Å². The van der Waals surface area contributed by atoms with Crippen molar-refractivity contribution < 1.29 is 19.8 Å². The Morgan fingerprint density at radius 1 is 1.24 bits per heavy atom. The number of rotatable bonds is 7. The van der Waals surface area contributed by atoms with Gasteiger partial charge in [0.1, 0.15) is 0 Å². The van der Waals surface area contributed by atoms with Gasteiger partial charge < -0.3 is 15.5 Å². The molecule has 0 aromatic heterocycles. The monoisotopic (exact) mass is 293 g/mol. The van der Waals surface area contributed by atoms with Gasteiger partial charge in [-0.2, -0.15) is 0 Å². The maximum absolute atomic E-state index is 11.7. The number of carbonyl (C=O) groups is 2. The second kappa shape index (κ2) is 7.22. The minimum atomic E-state index is -0.963. The Kier molecular flexibility index (Phi) is 5.90. The molecule has 0 radical (unpaired) electrons. The second-order valence-electron chi connectivity index (χ2n) is 5.79. The number of benzene rings is 1. The van der Waals surface area contributed by atoms with Crippen molar-refractivity contribution in [1.82, 2.24) is 5.32 Å². The van der Waals surface area contributed by atoms with Crippen LogP contribution in [-0.2, 0) is 11.2 Å². The molecule has 5 heteroatoms. The lowest BCUT2D eigenvalue weighted by atomic mass is 9.92. The van der Waals surface area contributed by atoms with Crippen LogP contribution in [0, 0.1) is 5.92 Å². The Morgan fingerprint density at radius 3 is 2.29 bits per heavy atom. The molecule has 0 aliphatic heterocycles. The lowest BCUT2D eigenvalue weighted by Crippen LogP contribution is -2.44. The Morgan fingerprint density at radius 2 is 1.81 bits per heavy atom. The van der Waals surface area contributed by atoms with Crippen LogP contribution in [0.2, 0.25) is 0 Å². The van der Waals surface area contributed by atoms with Crippen molar-refractivity contribution in [3.05, 3.63) is 35.4 Å². The van der Waals surface area contributed by atoms with Crippen molar-refractivity contribution in [2.45, 2.75) is 39.2 Å². The van der Waals surface area contributed by atoms with E-state index in [1.807, 2.05) is 13.8 Å². The zero-order valence-corrected chi connectivity index (χ0v) is 12.7. The number of hydrogen-bond donors (Lipinski definition) is 3. The van der Waals surface area contributed by atoms with E-state index in [1.165, 1.54) is 12.1 Å². The average Bonchev–Trinajstić information content (AvgIpc) is 2.43. The average molecular weight is 293 g/mol. The van der Waals surface area contributed by atoms with E-state index in [4.69, 9.17) is 5.11 Å². The number of carbonyl (C=O) groups excluding carboxylic acids is 1. The molecule has 1 aromatic carbocycles. The van der Waals surface area contributed by atoms with Gasteiger partial charge in [-0.05, 0) is 37.0 Å². The molecule has 0 saturated heterocycles. The van der Waals surface area contributed by atoms with Crippen LogP contribution in [0.4, 0.5) is 0 Å². The minimum absolute atomic E-state index is 0.0568. The van der Waals surface area contributed by atoms with Gasteiger partial charge >= 0.3 is 5.97 Å². The quantitative estimate of drug-likeness (QED) is 0.716. The van der Waals surface area contributed by atoms with Crippen LogP contribution in [0.3, 0.4) is 0 Å². The van der Waals surface area contributed by atoms with Crippen molar-refractivity contribution in [3.8, 4) is 0 Å². The standard InChI is InChI=1S/C16H23NO4/c1-11(2)16(3,21)10-17-14(18)9-6-12-4-7-13(8-5-12)15(19)20/h4-5,7-8,11,21H,6,9-10H2,1-3H3,(H,17,18)(H,19,20).